The molecule has 2 aromatic carbocycles. The highest BCUT2D eigenvalue weighted by Crippen LogP contribution is 2.52. The molecule has 5 nitrogen and oxygen atoms in total. The van der Waals surface area contributed by atoms with Crippen LogP contribution in [0.5, 0.6) is 11.5 Å². The van der Waals surface area contributed by atoms with E-state index in [1.807, 2.05) is 12.1 Å². The number of hydrogen-bond acceptors (Lipinski definition) is 5. The summed E-state index contributed by atoms with van der Waals surface area (Å²) in [7, 11) is 7.33. The highest BCUT2D eigenvalue weighted by atomic mass is 16.6. The SMILES string of the molecule is CON=C1[C@H]2CCC[C@@H]1[C@H](c1cccc(OC)c1)N(C)[C@@H]2c1cccc(OC)c1. The van der Waals surface area contributed by atoms with Crippen LogP contribution >= 0.6 is 0 Å². The maximum Gasteiger partial charge on any atom is 0.119 e. The molecule has 29 heavy (non-hydrogen) atoms. The predicted octanol–water partition coefficient (Wildman–Crippen LogP) is 4.85. The number of methoxy groups -OCH3 is 2. The van der Waals surface area contributed by atoms with Gasteiger partial charge in [0.05, 0.1) is 19.9 Å². The first kappa shape index (κ1) is 19.8. The van der Waals surface area contributed by atoms with Crippen LogP contribution in [0.1, 0.15) is 42.5 Å². The molecule has 2 fully saturated rings. The first-order chi connectivity index (χ1) is 14.2. The van der Waals surface area contributed by atoms with Gasteiger partial charge in [0.1, 0.15) is 18.6 Å². The molecule has 0 spiro atoms. The number of ether oxygens (including phenoxy) is 2. The number of likely N-dealkylation sites (tertiary alicyclic amines) is 1. The monoisotopic (exact) mass is 394 g/mol. The molecule has 0 amide bonds. The number of nitrogens with zero attached hydrogens (tertiary/aromatic N) is 2. The zero-order valence-electron chi connectivity index (χ0n) is 17.7. The van der Waals surface area contributed by atoms with Crippen LogP contribution in [0.15, 0.2) is 53.7 Å². The Kier molecular flexibility index (Phi) is 5.76. The van der Waals surface area contributed by atoms with E-state index in [0.717, 1.165) is 24.3 Å². The first-order valence-electron chi connectivity index (χ1n) is 10.3. The van der Waals surface area contributed by atoms with Crippen molar-refractivity contribution in [1.29, 1.82) is 0 Å². The summed E-state index contributed by atoms with van der Waals surface area (Å²) in [6, 6.07) is 17.3. The number of piperidine rings is 1. The minimum Gasteiger partial charge on any atom is -0.497 e. The third-order valence-electron chi connectivity index (χ3n) is 6.50. The first-order valence-corrected chi connectivity index (χ1v) is 10.3. The molecule has 1 heterocycles. The smallest absolute Gasteiger partial charge is 0.119 e. The number of oxime groups is 1. The number of benzene rings is 2. The molecule has 154 valence electrons. The molecule has 0 radical (unpaired) electrons. The van der Waals surface area contributed by atoms with Crippen molar-refractivity contribution < 1.29 is 14.3 Å². The summed E-state index contributed by atoms with van der Waals surface area (Å²) in [5.74, 6) is 2.45. The molecule has 1 saturated heterocycles. The lowest BCUT2D eigenvalue weighted by atomic mass is 9.66. The van der Waals surface area contributed by atoms with Gasteiger partial charge < -0.3 is 14.3 Å². The van der Waals surface area contributed by atoms with Gasteiger partial charge in [0.15, 0.2) is 0 Å². The molecular weight excluding hydrogens is 364 g/mol. The lowest BCUT2D eigenvalue weighted by Gasteiger charge is -2.52. The van der Waals surface area contributed by atoms with E-state index in [-0.39, 0.29) is 12.1 Å². The van der Waals surface area contributed by atoms with Crippen LogP contribution in [0, 0.1) is 11.8 Å². The Morgan fingerprint density at radius 2 is 1.34 bits per heavy atom. The van der Waals surface area contributed by atoms with Gasteiger partial charge >= 0.3 is 0 Å². The molecule has 2 bridgehead atoms. The minimum atomic E-state index is 0.215. The van der Waals surface area contributed by atoms with Crippen molar-refractivity contribution in [1.82, 2.24) is 4.90 Å². The van der Waals surface area contributed by atoms with Gasteiger partial charge in [0.2, 0.25) is 0 Å². The van der Waals surface area contributed by atoms with E-state index in [4.69, 9.17) is 14.3 Å². The standard InChI is InChI=1S/C24H30N2O3/c1-26-23(16-8-5-10-18(14-16)27-2)20-12-7-13-21(22(20)25-29-4)24(26)17-9-6-11-19(15-17)28-3/h5-6,8-11,14-15,20-21,23-24H,7,12-13H2,1-4H3/t20-,21+,23-,24+. The number of rotatable bonds is 5. The Morgan fingerprint density at radius 3 is 1.79 bits per heavy atom. The summed E-state index contributed by atoms with van der Waals surface area (Å²) in [6.45, 7) is 0. The number of fused-ring (bicyclic) bond motifs is 2. The van der Waals surface area contributed by atoms with Crippen molar-refractivity contribution in [3.63, 3.8) is 0 Å². The van der Waals surface area contributed by atoms with E-state index < -0.39 is 0 Å². The molecule has 4 atom stereocenters. The second-order valence-corrected chi connectivity index (χ2v) is 7.95. The Labute approximate surface area is 173 Å². The van der Waals surface area contributed by atoms with Gasteiger partial charge in [-0.3, -0.25) is 4.90 Å². The lowest BCUT2D eigenvalue weighted by molar-refractivity contribution is 0.0607. The second kappa shape index (κ2) is 8.46. The van der Waals surface area contributed by atoms with Gasteiger partial charge in [-0.05, 0) is 55.3 Å². The van der Waals surface area contributed by atoms with Crippen LogP contribution in [-0.2, 0) is 4.84 Å². The molecule has 0 unspecified atom stereocenters. The van der Waals surface area contributed by atoms with Crippen molar-refractivity contribution in [2.24, 2.45) is 17.0 Å². The van der Waals surface area contributed by atoms with Crippen molar-refractivity contribution in [3.05, 3.63) is 59.7 Å². The summed E-state index contributed by atoms with van der Waals surface area (Å²) in [6.07, 6.45) is 3.44. The van der Waals surface area contributed by atoms with Gasteiger partial charge in [-0.15, -0.1) is 0 Å². The Bertz CT molecular complexity index is 816. The molecule has 0 aromatic heterocycles. The molecule has 1 aliphatic carbocycles. The highest BCUT2D eigenvalue weighted by Gasteiger charge is 2.49. The fraction of sp³-hybridized carbons (Fsp3) is 0.458. The lowest BCUT2D eigenvalue weighted by Crippen LogP contribution is -2.51. The maximum atomic E-state index is 5.51. The summed E-state index contributed by atoms with van der Waals surface area (Å²) in [4.78, 5) is 7.85. The largest absolute Gasteiger partial charge is 0.497 e. The number of hydrogen-bond donors (Lipinski definition) is 0. The van der Waals surface area contributed by atoms with Crippen molar-refractivity contribution in [3.8, 4) is 11.5 Å². The maximum absolute atomic E-state index is 5.51. The second-order valence-electron chi connectivity index (χ2n) is 7.95. The quantitative estimate of drug-likeness (QED) is 0.680. The van der Waals surface area contributed by atoms with Crippen molar-refractivity contribution >= 4 is 5.71 Å². The zero-order valence-corrected chi connectivity index (χ0v) is 17.7. The Morgan fingerprint density at radius 1 is 0.828 bits per heavy atom. The summed E-state index contributed by atoms with van der Waals surface area (Å²) < 4.78 is 11.0. The highest BCUT2D eigenvalue weighted by molar-refractivity contribution is 5.91. The van der Waals surface area contributed by atoms with Crippen molar-refractivity contribution in [2.45, 2.75) is 31.3 Å². The van der Waals surface area contributed by atoms with Crippen molar-refractivity contribution in [2.75, 3.05) is 28.4 Å². The summed E-state index contributed by atoms with van der Waals surface area (Å²) in [5.41, 5.74) is 3.71. The fourth-order valence-electron chi connectivity index (χ4n) is 5.34. The van der Waals surface area contributed by atoms with Crippen LogP contribution in [0.25, 0.3) is 0 Å². The van der Waals surface area contributed by atoms with E-state index >= 15 is 0 Å². The molecule has 1 aliphatic heterocycles. The third-order valence-corrected chi connectivity index (χ3v) is 6.50. The molecule has 1 saturated carbocycles. The molecule has 5 heteroatoms. The van der Waals surface area contributed by atoms with Crippen LogP contribution in [0.4, 0.5) is 0 Å². The van der Waals surface area contributed by atoms with Gasteiger partial charge in [0.25, 0.3) is 0 Å². The average molecular weight is 395 g/mol. The zero-order chi connectivity index (χ0) is 20.4. The van der Waals surface area contributed by atoms with Crippen LogP contribution in [-0.4, -0.2) is 39.0 Å². The van der Waals surface area contributed by atoms with E-state index in [1.54, 1.807) is 21.3 Å². The normalized spacial score (nSPS) is 28.2. The van der Waals surface area contributed by atoms with Crippen LogP contribution < -0.4 is 9.47 Å². The molecule has 2 aliphatic rings. The summed E-state index contributed by atoms with van der Waals surface area (Å²) >= 11 is 0. The summed E-state index contributed by atoms with van der Waals surface area (Å²) in [5, 5.41) is 4.57. The van der Waals surface area contributed by atoms with Crippen LogP contribution in [0.3, 0.4) is 0 Å². The molecule has 2 aromatic rings. The fourth-order valence-corrected chi connectivity index (χ4v) is 5.34. The van der Waals surface area contributed by atoms with Gasteiger partial charge in [-0.2, -0.15) is 0 Å². The third kappa shape index (κ3) is 3.60. The van der Waals surface area contributed by atoms with E-state index in [9.17, 15) is 0 Å². The van der Waals surface area contributed by atoms with Crippen LogP contribution in [0.2, 0.25) is 0 Å². The van der Waals surface area contributed by atoms with Gasteiger partial charge in [0, 0.05) is 23.9 Å². The van der Waals surface area contributed by atoms with E-state index in [0.29, 0.717) is 11.8 Å². The minimum absolute atomic E-state index is 0.215. The Balaban J connectivity index is 1.83. The Hall–Kier alpha value is -2.53. The molecule has 0 N–H and O–H groups in total. The van der Waals surface area contributed by atoms with Gasteiger partial charge in [-0.1, -0.05) is 35.8 Å². The molecular formula is C24H30N2O3. The predicted molar refractivity (Wildman–Crippen MR) is 115 cm³/mol. The van der Waals surface area contributed by atoms with E-state index in [1.165, 1.54) is 23.3 Å². The average Bonchev–Trinajstić information content (AvgIpc) is 2.75. The van der Waals surface area contributed by atoms with Gasteiger partial charge in [-0.25, -0.2) is 0 Å². The van der Waals surface area contributed by atoms with E-state index in [2.05, 4.69) is 53.5 Å². The molecule has 4 rings (SSSR count). The topological polar surface area (TPSA) is 43.3 Å².